The number of rotatable bonds is 6. The normalized spacial score (nSPS) is 21.9. The molecule has 1 aliphatic heterocycles. The number of hydrogen-bond acceptors (Lipinski definition) is 2. The molecule has 2 aliphatic rings. The summed E-state index contributed by atoms with van der Waals surface area (Å²) >= 11 is 0. The van der Waals surface area contributed by atoms with E-state index in [1.54, 1.807) is 0 Å². The first-order valence-electron chi connectivity index (χ1n) is 8.29. The molecule has 0 spiro atoms. The minimum absolute atomic E-state index is 0.0589. The third-order valence-electron chi connectivity index (χ3n) is 4.73. The van der Waals surface area contributed by atoms with Gasteiger partial charge in [0.15, 0.2) is 0 Å². The van der Waals surface area contributed by atoms with Gasteiger partial charge in [-0.2, -0.15) is 0 Å². The maximum Gasteiger partial charge on any atom is 0.226 e. The van der Waals surface area contributed by atoms with Crippen LogP contribution < -0.4 is 10.6 Å². The lowest BCUT2D eigenvalue weighted by molar-refractivity contribution is -0.131. The third kappa shape index (κ3) is 4.08. The highest BCUT2D eigenvalue weighted by molar-refractivity contribution is 5.82. The van der Waals surface area contributed by atoms with Crippen molar-refractivity contribution in [3.05, 3.63) is 11.6 Å². The lowest BCUT2D eigenvalue weighted by Crippen LogP contribution is -2.40. The molecule has 1 fully saturated rings. The second kappa shape index (κ2) is 7.26. The van der Waals surface area contributed by atoms with Gasteiger partial charge in [0.1, 0.15) is 0 Å². The van der Waals surface area contributed by atoms with Crippen LogP contribution in [0.2, 0.25) is 0 Å². The molecule has 1 amide bonds. The van der Waals surface area contributed by atoms with Crippen LogP contribution in [-0.4, -0.2) is 25.5 Å². The van der Waals surface area contributed by atoms with Crippen molar-refractivity contribution in [1.82, 2.24) is 10.6 Å². The van der Waals surface area contributed by atoms with Gasteiger partial charge >= 0.3 is 0 Å². The summed E-state index contributed by atoms with van der Waals surface area (Å²) in [6.07, 6.45) is 10.1. The smallest absolute Gasteiger partial charge is 0.226 e. The van der Waals surface area contributed by atoms with Crippen LogP contribution in [0.1, 0.15) is 58.8 Å². The summed E-state index contributed by atoms with van der Waals surface area (Å²) in [6.45, 7) is 7.34. The predicted molar refractivity (Wildman–Crippen MR) is 83.6 cm³/mol. The van der Waals surface area contributed by atoms with E-state index in [9.17, 15) is 4.79 Å². The highest BCUT2D eigenvalue weighted by Gasteiger charge is 2.40. The van der Waals surface area contributed by atoms with Gasteiger partial charge in [-0.3, -0.25) is 4.79 Å². The minimum Gasteiger partial charge on any atom is -0.355 e. The zero-order chi connectivity index (χ0) is 14.4. The fourth-order valence-electron chi connectivity index (χ4n) is 3.78. The lowest BCUT2D eigenvalue weighted by Gasteiger charge is -2.29. The number of nitrogens with one attached hydrogen (secondary N) is 2. The Morgan fingerprint density at radius 3 is 2.75 bits per heavy atom. The Bertz CT molecular complexity index is 354. The standard InChI is InChI=1S/C17H30N2O/c1-14(2)13-17(8-3-4-9-17)16(20)19-12-7-15-5-10-18-11-6-15/h5,14,18H,3-4,6-13H2,1-2H3,(H,19,20). The van der Waals surface area contributed by atoms with Crippen LogP contribution in [0.3, 0.4) is 0 Å². The molecule has 2 N–H and O–H groups in total. The molecule has 0 bridgehead atoms. The average molecular weight is 278 g/mol. The minimum atomic E-state index is -0.0589. The van der Waals surface area contributed by atoms with E-state index in [0.717, 1.165) is 51.7 Å². The maximum absolute atomic E-state index is 12.6. The van der Waals surface area contributed by atoms with E-state index in [2.05, 4.69) is 30.6 Å². The lowest BCUT2D eigenvalue weighted by atomic mass is 9.77. The molecular formula is C17H30N2O. The molecule has 3 heteroatoms. The van der Waals surface area contributed by atoms with Crippen LogP contribution in [0.15, 0.2) is 11.6 Å². The van der Waals surface area contributed by atoms with Crippen molar-refractivity contribution >= 4 is 5.91 Å². The van der Waals surface area contributed by atoms with Gasteiger partial charge in [0.2, 0.25) is 5.91 Å². The Morgan fingerprint density at radius 2 is 2.15 bits per heavy atom. The highest BCUT2D eigenvalue weighted by atomic mass is 16.2. The molecule has 1 saturated carbocycles. The number of carbonyl (C=O) groups is 1. The first-order valence-corrected chi connectivity index (χ1v) is 8.29. The molecule has 0 unspecified atom stereocenters. The monoisotopic (exact) mass is 278 g/mol. The number of amides is 1. The van der Waals surface area contributed by atoms with E-state index in [4.69, 9.17) is 0 Å². The molecule has 0 aromatic rings. The van der Waals surface area contributed by atoms with Gasteiger partial charge < -0.3 is 10.6 Å². The van der Waals surface area contributed by atoms with Crippen molar-refractivity contribution < 1.29 is 4.79 Å². The Hall–Kier alpha value is -0.830. The molecule has 0 radical (unpaired) electrons. The molecule has 20 heavy (non-hydrogen) atoms. The molecule has 114 valence electrons. The van der Waals surface area contributed by atoms with E-state index in [-0.39, 0.29) is 5.41 Å². The summed E-state index contributed by atoms with van der Waals surface area (Å²) in [5, 5.41) is 6.54. The highest BCUT2D eigenvalue weighted by Crippen LogP contribution is 2.43. The molecule has 1 heterocycles. The molecule has 3 nitrogen and oxygen atoms in total. The Balaban J connectivity index is 1.81. The van der Waals surface area contributed by atoms with Crippen molar-refractivity contribution in [2.24, 2.45) is 11.3 Å². The van der Waals surface area contributed by atoms with E-state index < -0.39 is 0 Å². The maximum atomic E-state index is 12.6. The summed E-state index contributed by atoms with van der Waals surface area (Å²) in [4.78, 5) is 12.6. The van der Waals surface area contributed by atoms with Crippen molar-refractivity contribution in [3.63, 3.8) is 0 Å². The van der Waals surface area contributed by atoms with Crippen LogP contribution in [0.25, 0.3) is 0 Å². The second-order valence-corrected chi connectivity index (χ2v) is 6.91. The van der Waals surface area contributed by atoms with Crippen molar-refractivity contribution in [2.75, 3.05) is 19.6 Å². The fourth-order valence-corrected chi connectivity index (χ4v) is 3.78. The molecular weight excluding hydrogens is 248 g/mol. The number of hydrogen-bond donors (Lipinski definition) is 2. The predicted octanol–water partition coefficient (Wildman–Crippen LogP) is 3.02. The quantitative estimate of drug-likeness (QED) is 0.733. The van der Waals surface area contributed by atoms with E-state index in [1.807, 2.05) is 0 Å². The Kier molecular flexibility index (Phi) is 5.64. The fraction of sp³-hybridized carbons (Fsp3) is 0.824. The summed E-state index contributed by atoms with van der Waals surface area (Å²) in [6, 6.07) is 0. The van der Waals surface area contributed by atoms with Crippen molar-refractivity contribution in [2.45, 2.75) is 58.8 Å². The zero-order valence-corrected chi connectivity index (χ0v) is 13.1. The average Bonchev–Trinajstić information content (AvgIpc) is 2.89. The van der Waals surface area contributed by atoms with Gasteiger partial charge in [0.25, 0.3) is 0 Å². The van der Waals surface area contributed by atoms with Crippen molar-refractivity contribution in [1.29, 1.82) is 0 Å². The van der Waals surface area contributed by atoms with Gasteiger partial charge in [-0.25, -0.2) is 0 Å². The van der Waals surface area contributed by atoms with Crippen LogP contribution in [0.4, 0.5) is 0 Å². The van der Waals surface area contributed by atoms with E-state index in [1.165, 1.54) is 18.4 Å². The van der Waals surface area contributed by atoms with Gasteiger partial charge in [-0.05, 0) is 44.6 Å². The summed E-state index contributed by atoms with van der Waals surface area (Å²) in [5.41, 5.74) is 1.44. The SMILES string of the molecule is CC(C)CC1(C(=O)NCCC2=CCNCC2)CCCC1. The van der Waals surface area contributed by atoms with E-state index in [0.29, 0.717) is 11.8 Å². The molecule has 0 aromatic heterocycles. The Morgan fingerprint density at radius 1 is 1.40 bits per heavy atom. The Labute approximate surface area is 123 Å². The zero-order valence-electron chi connectivity index (χ0n) is 13.1. The van der Waals surface area contributed by atoms with Crippen LogP contribution in [0, 0.1) is 11.3 Å². The number of carbonyl (C=O) groups excluding carboxylic acids is 1. The molecule has 1 aliphatic carbocycles. The van der Waals surface area contributed by atoms with Crippen LogP contribution in [0.5, 0.6) is 0 Å². The van der Waals surface area contributed by atoms with Gasteiger partial charge in [0.05, 0.1) is 0 Å². The van der Waals surface area contributed by atoms with Gasteiger partial charge in [-0.15, -0.1) is 0 Å². The summed E-state index contributed by atoms with van der Waals surface area (Å²) in [7, 11) is 0. The van der Waals surface area contributed by atoms with Gasteiger partial charge in [0, 0.05) is 18.5 Å². The topological polar surface area (TPSA) is 41.1 Å². The van der Waals surface area contributed by atoms with E-state index >= 15 is 0 Å². The second-order valence-electron chi connectivity index (χ2n) is 6.91. The molecule has 0 saturated heterocycles. The first kappa shape index (κ1) is 15.6. The van der Waals surface area contributed by atoms with Crippen LogP contribution in [-0.2, 0) is 4.79 Å². The molecule has 0 aromatic carbocycles. The largest absolute Gasteiger partial charge is 0.355 e. The molecule has 0 atom stereocenters. The summed E-state index contributed by atoms with van der Waals surface area (Å²) < 4.78 is 0. The third-order valence-corrected chi connectivity index (χ3v) is 4.73. The van der Waals surface area contributed by atoms with Crippen LogP contribution >= 0.6 is 0 Å². The van der Waals surface area contributed by atoms with Gasteiger partial charge in [-0.1, -0.05) is 38.3 Å². The molecule has 2 rings (SSSR count). The first-order chi connectivity index (χ1) is 9.62. The van der Waals surface area contributed by atoms with Crippen molar-refractivity contribution in [3.8, 4) is 0 Å². The summed E-state index contributed by atoms with van der Waals surface area (Å²) in [5.74, 6) is 0.921.